The van der Waals surface area contributed by atoms with E-state index in [1.165, 1.54) is 0 Å². The van der Waals surface area contributed by atoms with Crippen molar-refractivity contribution in [2.24, 2.45) is 0 Å². The fourth-order valence-corrected chi connectivity index (χ4v) is 3.15. The molecule has 26 heavy (non-hydrogen) atoms. The third-order valence-corrected chi connectivity index (χ3v) is 4.64. The monoisotopic (exact) mass is 353 g/mol. The highest BCUT2D eigenvalue weighted by molar-refractivity contribution is 5.94. The predicted molar refractivity (Wildman–Crippen MR) is 92.9 cm³/mol. The van der Waals surface area contributed by atoms with Crippen molar-refractivity contribution < 1.29 is 18.4 Å². The molecule has 0 radical (unpaired) electrons. The zero-order valence-corrected chi connectivity index (χ0v) is 14.4. The van der Waals surface area contributed by atoms with E-state index in [-0.39, 0.29) is 11.8 Å². The lowest BCUT2D eigenvalue weighted by Gasteiger charge is -2.30. The molecule has 134 valence electrons. The minimum absolute atomic E-state index is 0.0351. The van der Waals surface area contributed by atoms with Crippen molar-refractivity contribution >= 4 is 5.91 Å². The number of furan rings is 1. The van der Waals surface area contributed by atoms with Gasteiger partial charge in [-0.05, 0) is 49.2 Å². The predicted octanol–water partition coefficient (Wildman–Crippen LogP) is 3.36. The minimum Gasteiger partial charge on any atom is -0.497 e. The first-order chi connectivity index (χ1) is 12.7. The van der Waals surface area contributed by atoms with Gasteiger partial charge in [-0.25, -0.2) is 0 Å². The number of aromatic nitrogens is 2. The van der Waals surface area contributed by atoms with E-state index in [9.17, 15) is 4.79 Å². The summed E-state index contributed by atoms with van der Waals surface area (Å²) in [7, 11) is 1.61. The van der Waals surface area contributed by atoms with Gasteiger partial charge in [0.15, 0.2) is 5.76 Å². The van der Waals surface area contributed by atoms with Crippen LogP contribution < -0.4 is 4.74 Å². The molecule has 0 bridgehead atoms. The summed E-state index contributed by atoms with van der Waals surface area (Å²) < 4.78 is 16.1. The Kier molecular flexibility index (Phi) is 4.43. The number of nitrogens with zero attached hydrogens (tertiary/aromatic N) is 3. The highest BCUT2D eigenvalue weighted by Gasteiger charge is 2.28. The molecule has 0 N–H and O–H groups in total. The number of hydrogen-bond acceptors (Lipinski definition) is 6. The standard InChI is InChI=1S/C19H19N3O4/c1-24-15-6-4-14(5-7-15)19(23)22-10-8-13(9-11-22)17-20-21-18(26-17)16-3-2-12-25-16/h2-7,12-13H,8-11H2,1H3. The number of carbonyl (C=O) groups excluding carboxylic acids is 1. The fraction of sp³-hybridized carbons (Fsp3) is 0.316. The Bertz CT molecular complexity index is 863. The molecule has 0 unspecified atom stereocenters. The summed E-state index contributed by atoms with van der Waals surface area (Å²) in [6.07, 6.45) is 3.16. The van der Waals surface area contributed by atoms with E-state index in [1.54, 1.807) is 49.8 Å². The van der Waals surface area contributed by atoms with Gasteiger partial charge in [0.05, 0.1) is 13.4 Å². The van der Waals surface area contributed by atoms with Gasteiger partial charge in [0.2, 0.25) is 5.89 Å². The molecule has 4 rings (SSSR count). The van der Waals surface area contributed by atoms with Crippen molar-refractivity contribution in [3.8, 4) is 17.4 Å². The van der Waals surface area contributed by atoms with Gasteiger partial charge in [0, 0.05) is 24.6 Å². The van der Waals surface area contributed by atoms with Crippen molar-refractivity contribution in [2.45, 2.75) is 18.8 Å². The molecule has 1 fully saturated rings. The lowest BCUT2D eigenvalue weighted by Crippen LogP contribution is -2.38. The first kappa shape index (κ1) is 16.4. The quantitative estimate of drug-likeness (QED) is 0.715. The molecule has 0 saturated carbocycles. The molecule has 1 saturated heterocycles. The molecule has 2 aromatic heterocycles. The van der Waals surface area contributed by atoms with Crippen LogP contribution in [-0.2, 0) is 0 Å². The summed E-state index contributed by atoms with van der Waals surface area (Å²) in [5.41, 5.74) is 0.669. The van der Waals surface area contributed by atoms with E-state index in [1.807, 2.05) is 4.90 Å². The van der Waals surface area contributed by atoms with Crippen LogP contribution in [0.25, 0.3) is 11.7 Å². The number of hydrogen-bond donors (Lipinski definition) is 0. The normalized spacial score (nSPS) is 15.2. The number of methoxy groups -OCH3 is 1. The second kappa shape index (κ2) is 7.03. The highest BCUT2D eigenvalue weighted by atomic mass is 16.5. The lowest BCUT2D eigenvalue weighted by atomic mass is 9.96. The molecule has 0 spiro atoms. The summed E-state index contributed by atoms with van der Waals surface area (Å²) in [4.78, 5) is 14.5. The van der Waals surface area contributed by atoms with Gasteiger partial charge in [-0.2, -0.15) is 0 Å². The number of likely N-dealkylation sites (tertiary alicyclic amines) is 1. The van der Waals surface area contributed by atoms with Gasteiger partial charge in [-0.15, -0.1) is 10.2 Å². The van der Waals surface area contributed by atoms with E-state index < -0.39 is 0 Å². The molecule has 0 atom stereocenters. The highest BCUT2D eigenvalue weighted by Crippen LogP contribution is 2.30. The van der Waals surface area contributed by atoms with E-state index in [4.69, 9.17) is 13.6 Å². The summed E-state index contributed by atoms with van der Waals surface area (Å²) in [6.45, 7) is 1.32. The molecule has 3 aromatic rings. The zero-order chi connectivity index (χ0) is 17.9. The van der Waals surface area contributed by atoms with Crippen molar-refractivity contribution in [1.82, 2.24) is 15.1 Å². The van der Waals surface area contributed by atoms with Crippen LogP contribution >= 0.6 is 0 Å². The average Bonchev–Trinajstić information content (AvgIpc) is 3.39. The summed E-state index contributed by atoms with van der Waals surface area (Å²) in [6, 6.07) is 10.8. The van der Waals surface area contributed by atoms with E-state index in [2.05, 4.69) is 10.2 Å². The van der Waals surface area contributed by atoms with Crippen LogP contribution in [0.1, 0.15) is 35.0 Å². The van der Waals surface area contributed by atoms with Crippen LogP contribution in [0.15, 0.2) is 51.5 Å². The second-order valence-corrected chi connectivity index (χ2v) is 6.22. The topological polar surface area (TPSA) is 81.6 Å². The smallest absolute Gasteiger partial charge is 0.283 e. The van der Waals surface area contributed by atoms with Crippen LogP contribution in [0, 0.1) is 0 Å². The number of piperidine rings is 1. The second-order valence-electron chi connectivity index (χ2n) is 6.22. The van der Waals surface area contributed by atoms with E-state index in [0.29, 0.717) is 36.2 Å². The maximum absolute atomic E-state index is 12.6. The Hall–Kier alpha value is -3.09. The molecule has 7 heteroatoms. The number of amides is 1. The van der Waals surface area contributed by atoms with Crippen LogP contribution in [0.4, 0.5) is 0 Å². The number of rotatable bonds is 4. The molecule has 1 aliphatic rings. The number of benzene rings is 1. The molecule has 1 amide bonds. The molecule has 1 aromatic carbocycles. The first-order valence-corrected chi connectivity index (χ1v) is 8.55. The zero-order valence-electron chi connectivity index (χ0n) is 14.4. The molecule has 0 aliphatic carbocycles. The largest absolute Gasteiger partial charge is 0.497 e. The summed E-state index contributed by atoms with van der Waals surface area (Å²) in [5, 5.41) is 8.20. The SMILES string of the molecule is COc1ccc(C(=O)N2CCC(c3nnc(-c4ccco4)o3)CC2)cc1. The third kappa shape index (κ3) is 3.20. The van der Waals surface area contributed by atoms with Crippen molar-refractivity contribution in [2.75, 3.05) is 20.2 Å². The molecule has 3 heterocycles. The van der Waals surface area contributed by atoms with Gasteiger partial charge in [-0.3, -0.25) is 4.79 Å². The van der Waals surface area contributed by atoms with Crippen LogP contribution in [0.3, 0.4) is 0 Å². The van der Waals surface area contributed by atoms with Crippen LogP contribution in [0.2, 0.25) is 0 Å². The Labute approximate surface area is 150 Å². The maximum atomic E-state index is 12.6. The summed E-state index contributed by atoms with van der Waals surface area (Å²) >= 11 is 0. The number of ether oxygens (including phenoxy) is 1. The Morgan fingerprint density at radius 1 is 1.15 bits per heavy atom. The fourth-order valence-electron chi connectivity index (χ4n) is 3.15. The first-order valence-electron chi connectivity index (χ1n) is 8.55. The van der Waals surface area contributed by atoms with Crippen LogP contribution in [-0.4, -0.2) is 41.2 Å². The Balaban J connectivity index is 1.38. The molecule has 1 aliphatic heterocycles. The third-order valence-electron chi connectivity index (χ3n) is 4.64. The summed E-state index contributed by atoms with van der Waals surface area (Å²) in [5.74, 6) is 2.49. The molecular weight excluding hydrogens is 334 g/mol. The minimum atomic E-state index is 0.0351. The van der Waals surface area contributed by atoms with Crippen molar-refractivity contribution in [1.29, 1.82) is 0 Å². The van der Waals surface area contributed by atoms with Crippen molar-refractivity contribution in [3.63, 3.8) is 0 Å². The molecular formula is C19H19N3O4. The van der Waals surface area contributed by atoms with Crippen LogP contribution in [0.5, 0.6) is 5.75 Å². The van der Waals surface area contributed by atoms with E-state index in [0.717, 1.165) is 18.6 Å². The van der Waals surface area contributed by atoms with Gasteiger partial charge in [0.1, 0.15) is 5.75 Å². The Morgan fingerprint density at radius 3 is 2.58 bits per heavy atom. The van der Waals surface area contributed by atoms with Gasteiger partial charge in [-0.1, -0.05) is 0 Å². The number of carbonyl (C=O) groups is 1. The van der Waals surface area contributed by atoms with E-state index >= 15 is 0 Å². The average molecular weight is 353 g/mol. The molecule has 7 nitrogen and oxygen atoms in total. The van der Waals surface area contributed by atoms with Gasteiger partial charge >= 0.3 is 0 Å². The van der Waals surface area contributed by atoms with Gasteiger partial charge in [0.25, 0.3) is 11.8 Å². The van der Waals surface area contributed by atoms with Crippen molar-refractivity contribution in [3.05, 3.63) is 54.1 Å². The Morgan fingerprint density at radius 2 is 1.92 bits per heavy atom. The lowest BCUT2D eigenvalue weighted by molar-refractivity contribution is 0.0706. The van der Waals surface area contributed by atoms with Gasteiger partial charge < -0.3 is 18.5 Å². The maximum Gasteiger partial charge on any atom is 0.283 e.